The summed E-state index contributed by atoms with van der Waals surface area (Å²) in [5, 5.41) is 0. The zero-order valence-corrected chi connectivity index (χ0v) is 24.4. The summed E-state index contributed by atoms with van der Waals surface area (Å²) in [5.41, 5.74) is -1.43. The van der Waals surface area contributed by atoms with Gasteiger partial charge in [-0.25, -0.2) is 0 Å². The van der Waals surface area contributed by atoms with Gasteiger partial charge in [-0.1, -0.05) is 66.2 Å². The first-order chi connectivity index (χ1) is 17.3. The van der Waals surface area contributed by atoms with E-state index in [1.807, 2.05) is 6.92 Å². The molecule has 0 aliphatic rings. The predicted molar refractivity (Wildman–Crippen MR) is 140 cm³/mol. The maximum atomic E-state index is 13.8. The molecule has 0 aromatic carbocycles. The third-order valence-electron chi connectivity index (χ3n) is 6.16. The maximum absolute atomic E-state index is 13.8. The number of methoxy groups -OCH3 is 2. The fourth-order valence-electron chi connectivity index (χ4n) is 3.56. The van der Waals surface area contributed by atoms with E-state index in [-0.39, 0.29) is 51.5 Å². The average molecular weight is 539 g/mol. The Balaban J connectivity index is 5.58. The molecule has 10 heteroatoms. The van der Waals surface area contributed by atoms with Crippen LogP contribution >= 0.6 is 7.60 Å². The Morgan fingerprint density at radius 2 is 1.19 bits per heavy atom. The van der Waals surface area contributed by atoms with E-state index in [9.17, 15) is 14.2 Å². The molecule has 3 atom stereocenters. The van der Waals surface area contributed by atoms with Crippen molar-refractivity contribution in [2.45, 2.75) is 91.1 Å². The van der Waals surface area contributed by atoms with E-state index < -0.39 is 31.6 Å². The summed E-state index contributed by atoms with van der Waals surface area (Å²) in [6, 6.07) is 0. The molecular formula is C26H51O9P. The number of ether oxygens (including phenoxy) is 4. The number of carbonyl (C=O) groups excluding carboxylic acids is 2. The largest absolute Gasteiger partial charge is 0.465 e. The number of hydrogen-bond donors (Lipinski definition) is 0. The highest BCUT2D eigenvalue weighted by molar-refractivity contribution is 7.55. The molecule has 0 unspecified atom stereocenters. The van der Waals surface area contributed by atoms with Gasteiger partial charge in [0.15, 0.2) is 5.66 Å². The fraction of sp³-hybridized carbons (Fsp3) is 0.923. The molecule has 0 amide bonds. The average Bonchev–Trinajstić information content (AvgIpc) is 2.87. The van der Waals surface area contributed by atoms with E-state index >= 15 is 0 Å². The summed E-state index contributed by atoms with van der Waals surface area (Å²) >= 11 is 0. The molecule has 36 heavy (non-hydrogen) atoms. The third-order valence-corrected chi connectivity index (χ3v) is 8.40. The molecule has 0 bridgehead atoms. The lowest BCUT2D eigenvalue weighted by Gasteiger charge is -2.26. The molecule has 0 saturated carbocycles. The molecule has 0 heterocycles. The molecular weight excluding hydrogens is 487 g/mol. The van der Waals surface area contributed by atoms with Crippen molar-refractivity contribution in [2.24, 2.45) is 11.8 Å². The maximum Gasteiger partial charge on any atom is 0.345 e. The standard InChI is InChI=1S/C26H51O9P/c1-7-11-13-22(9-3)20-32-25(27)19-24(26(28)33-21-23(10-4)14-12-8-2)36(29,34-17-15-30-5)35-18-16-31-6/h22-24H,7-21H2,1-6H3/t22-,23-,24-/m0/s1. The number of carbonyl (C=O) groups is 2. The lowest BCUT2D eigenvalue weighted by molar-refractivity contribution is -0.152. The van der Waals surface area contributed by atoms with Crippen LogP contribution in [0, 0.1) is 11.8 Å². The minimum absolute atomic E-state index is 0.0669. The highest BCUT2D eigenvalue weighted by atomic mass is 31.2. The summed E-state index contributed by atoms with van der Waals surface area (Å²) < 4.78 is 45.9. The molecule has 0 aliphatic heterocycles. The Morgan fingerprint density at radius 1 is 0.722 bits per heavy atom. The molecule has 0 saturated heterocycles. The molecule has 0 radical (unpaired) electrons. The van der Waals surface area contributed by atoms with Gasteiger partial charge < -0.3 is 28.0 Å². The van der Waals surface area contributed by atoms with Crippen molar-refractivity contribution in [3.05, 3.63) is 0 Å². The van der Waals surface area contributed by atoms with Crippen molar-refractivity contribution in [3.8, 4) is 0 Å². The highest BCUT2D eigenvalue weighted by Gasteiger charge is 2.45. The van der Waals surface area contributed by atoms with Gasteiger partial charge in [0.25, 0.3) is 0 Å². The Hall–Kier alpha value is -0.990. The molecule has 0 rings (SSSR count). The van der Waals surface area contributed by atoms with Crippen molar-refractivity contribution in [3.63, 3.8) is 0 Å². The van der Waals surface area contributed by atoms with Gasteiger partial charge in [0, 0.05) is 14.2 Å². The quantitative estimate of drug-likeness (QED) is 0.0858. The molecule has 0 fully saturated rings. The molecule has 214 valence electrons. The molecule has 9 nitrogen and oxygen atoms in total. The summed E-state index contributed by atoms with van der Waals surface area (Å²) in [5.74, 6) is -0.978. The second kappa shape index (κ2) is 22.0. The molecule has 0 spiro atoms. The van der Waals surface area contributed by atoms with E-state index in [1.54, 1.807) is 0 Å². The minimum atomic E-state index is -4.10. The Labute approximate surface area is 218 Å². The second-order valence-electron chi connectivity index (χ2n) is 9.06. The van der Waals surface area contributed by atoms with Crippen molar-refractivity contribution >= 4 is 19.5 Å². The Morgan fingerprint density at radius 3 is 1.61 bits per heavy atom. The minimum Gasteiger partial charge on any atom is -0.465 e. The van der Waals surface area contributed by atoms with E-state index in [0.29, 0.717) is 0 Å². The first kappa shape index (κ1) is 35.0. The van der Waals surface area contributed by atoms with Crippen LogP contribution in [0.2, 0.25) is 0 Å². The number of unbranched alkanes of at least 4 members (excludes halogenated alkanes) is 2. The van der Waals surface area contributed by atoms with Crippen LogP contribution in [-0.4, -0.2) is 71.5 Å². The van der Waals surface area contributed by atoms with Gasteiger partial charge in [-0.2, -0.15) is 0 Å². The third kappa shape index (κ3) is 15.3. The van der Waals surface area contributed by atoms with Gasteiger partial charge in [0.05, 0.1) is 46.1 Å². The van der Waals surface area contributed by atoms with Crippen LogP contribution in [0.5, 0.6) is 0 Å². The predicted octanol–water partition coefficient (Wildman–Crippen LogP) is 5.78. The number of hydrogen-bond acceptors (Lipinski definition) is 9. The van der Waals surface area contributed by atoms with Crippen LogP contribution in [0.4, 0.5) is 0 Å². The summed E-state index contributed by atoms with van der Waals surface area (Å²) in [7, 11) is -1.14. The van der Waals surface area contributed by atoms with E-state index in [4.69, 9.17) is 28.0 Å². The summed E-state index contributed by atoms with van der Waals surface area (Å²) in [6.07, 6.45) is 7.36. The second-order valence-corrected chi connectivity index (χ2v) is 11.3. The van der Waals surface area contributed by atoms with Crippen LogP contribution in [0.15, 0.2) is 0 Å². The van der Waals surface area contributed by atoms with Crippen LogP contribution < -0.4 is 0 Å². The Kier molecular flexibility index (Phi) is 21.4. The van der Waals surface area contributed by atoms with Crippen molar-refractivity contribution in [1.29, 1.82) is 0 Å². The van der Waals surface area contributed by atoms with Crippen LogP contribution in [0.1, 0.15) is 85.5 Å². The highest BCUT2D eigenvalue weighted by Crippen LogP contribution is 2.55. The van der Waals surface area contributed by atoms with Crippen molar-refractivity contribution < 1.29 is 42.1 Å². The molecule has 0 aromatic rings. The smallest absolute Gasteiger partial charge is 0.345 e. The monoisotopic (exact) mass is 538 g/mol. The first-order valence-electron chi connectivity index (χ1n) is 13.5. The van der Waals surface area contributed by atoms with E-state index in [0.717, 1.165) is 51.4 Å². The first-order valence-corrected chi connectivity index (χ1v) is 15.1. The van der Waals surface area contributed by atoms with Crippen LogP contribution in [-0.2, 0) is 42.1 Å². The summed E-state index contributed by atoms with van der Waals surface area (Å²) in [6.45, 7) is 8.92. The summed E-state index contributed by atoms with van der Waals surface area (Å²) in [4.78, 5) is 26.0. The van der Waals surface area contributed by atoms with Gasteiger partial charge in [0.1, 0.15) is 0 Å². The van der Waals surface area contributed by atoms with Gasteiger partial charge in [0.2, 0.25) is 0 Å². The molecule has 0 aliphatic carbocycles. The lowest BCUT2D eigenvalue weighted by atomic mass is 10.0. The van der Waals surface area contributed by atoms with Crippen LogP contribution in [0.3, 0.4) is 0 Å². The van der Waals surface area contributed by atoms with Crippen molar-refractivity contribution in [1.82, 2.24) is 0 Å². The normalized spacial score (nSPS) is 14.3. The Bertz CT molecular complexity index is 600. The molecule has 0 aromatic heterocycles. The number of esters is 2. The lowest BCUT2D eigenvalue weighted by Crippen LogP contribution is -2.31. The topological polar surface area (TPSA) is 107 Å². The zero-order chi connectivity index (χ0) is 27.2. The molecule has 0 N–H and O–H groups in total. The number of rotatable bonds is 24. The van der Waals surface area contributed by atoms with Gasteiger partial charge in [-0.15, -0.1) is 0 Å². The zero-order valence-electron chi connectivity index (χ0n) is 23.5. The van der Waals surface area contributed by atoms with Crippen LogP contribution in [0.25, 0.3) is 0 Å². The van der Waals surface area contributed by atoms with Gasteiger partial charge in [-0.05, 0) is 24.7 Å². The van der Waals surface area contributed by atoms with Gasteiger partial charge in [-0.3, -0.25) is 14.2 Å². The fourth-order valence-corrected chi connectivity index (χ4v) is 5.35. The van der Waals surface area contributed by atoms with Gasteiger partial charge >= 0.3 is 19.5 Å². The van der Waals surface area contributed by atoms with E-state index in [2.05, 4.69) is 20.8 Å². The van der Waals surface area contributed by atoms with Crippen molar-refractivity contribution in [2.75, 3.05) is 53.9 Å². The SMILES string of the molecule is CCCC[C@H](CC)COC(=O)C[C@@H](C(=O)OC[C@@H](CC)CCCC)P(=O)(OCCOC)OCCOC. The van der Waals surface area contributed by atoms with E-state index in [1.165, 1.54) is 14.2 Å².